The molecule has 2 aromatic carbocycles. The molecule has 0 radical (unpaired) electrons. The van der Waals surface area contributed by atoms with E-state index in [9.17, 15) is 0 Å². The van der Waals surface area contributed by atoms with Crippen molar-refractivity contribution in [3.05, 3.63) is 57.6 Å². The lowest BCUT2D eigenvalue weighted by atomic mass is 10.2. The molecule has 3 aromatic rings. The molecule has 0 aliphatic carbocycles. The summed E-state index contributed by atoms with van der Waals surface area (Å²) in [5.74, 6) is 1.65. The number of ether oxygens (including phenoxy) is 1. The summed E-state index contributed by atoms with van der Waals surface area (Å²) in [7, 11) is 0. The second kappa shape index (κ2) is 4.78. The lowest BCUT2D eigenvalue weighted by Crippen LogP contribution is -1.81. The minimum absolute atomic E-state index is 0.819. The summed E-state index contributed by atoms with van der Waals surface area (Å²) < 4.78 is 7.94. The first-order valence-electron chi connectivity index (χ1n) is 5.43. The first kappa shape index (κ1) is 11.8. The van der Waals surface area contributed by atoms with E-state index in [0.717, 1.165) is 31.3 Å². The van der Waals surface area contributed by atoms with Gasteiger partial charge in [0.1, 0.15) is 5.75 Å². The summed E-state index contributed by atoms with van der Waals surface area (Å²) in [5.41, 5.74) is 1.05. The molecule has 4 heteroatoms. The molecule has 1 aromatic heterocycles. The molecule has 0 saturated heterocycles. The van der Waals surface area contributed by atoms with Gasteiger partial charge in [0.25, 0.3) is 0 Å². The average molecular weight is 367 g/mol. The number of H-pyrrole nitrogens is 1. The van der Waals surface area contributed by atoms with Crippen LogP contribution in [0.15, 0.2) is 57.6 Å². The summed E-state index contributed by atoms with van der Waals surface area (Å²) in [6.07, 6.45) is 1.87. The average Bonchev–Trinajstić information content (AvgIpc) is 2.77. The van der Waals surface area contributed by atoms with Crippen LogP contribution < -0.4 is 4.74 Å². The van der Waals surface area contributed by atoms with Gasteiger partial charge in [-0.3, -0.25) is 0 Å². The topological polar surface area (TPSA) is 25.0 Å². The molecule has 18 heavy (non-hydrogen) atoms. The summed E-state index contributed by atoms with van der Waals surface area (Å²) >= 11 is 6.92. The number of fused-ring (bicyclic) bond motifs is 1. The Morgan fingerprint density at radius 3 is 2.50 bits per heavy atom. The highest BCUT2D eigenvalue weighted by Crippen LogP contribution is 2.33. The quantitative estimate of drug-likeness (QED) is 0.637. The summed E-state index contributed by atoms with van der Waals surface area (Å²) in [5, 5.41) is 1.06. The molecule has 0 atom stereocenters. The van der Waals surface area contributed by atoms with E-state index in [1.165, 1.54) is 0 Å². The smallest absolute Gasteiger partial charge is 0.152 e. The molecule has 0 amide bonds. The van der Waals surface area contributed by atoms with Crippen molar-refractivity contribution in [3.63, 3.8) is 0 Å². The molecule has 2 nitrogen and oxygen atoms in total. The fraction of sp³-hybridized carbons (Fsp3) is 0. The van der Waals surface area contributed by atoms with Crippen molar-refractivity contribution in [1.82, 2.24) is 4.98 Å². The van der Waals surface area contributed by atoms with Crippen LogP contribution in [-0.4, -0.2) is 4.98 Å². The van der Waals surface area contributed by atoms with Crippen molar-refractivity contribution in [1.29, 1.82) is 0 Å². The highest BCUT2D eigenvalue weighted by molar-refractivity contribution is 9.11. The lowest BCUT2D eigenvalue weighted by molar-refractivity contribution is 0.488. The molecule has 0 aliphatic heterocycles. The van der Waals surface area contributed by atoms with Crippen LogP contribution in [0.3, 0.4) is 0 Å². The van der Waals surface area contributed by atoms with Crippen LogP contribution in [0, 0.1) is 0 Å². The van der Waals surface area contributed by atoms with Crippen molar-refractivity contribution in [2.24, 2.45) is 0 Å². The number of aromatic amines is 1. The normalized spacial score (nSPS) is 10.8. The number of para-hydroxylation sites is 1. The van der Waals surface area contributed by atoms with Crippen molar-refractivity contribution < 1.29 is 4.74 Å². The minimum Gasteiger partial charge on any atom is -0.455 e. The Morgan fingerprint density at radius 2 is 1.72 bits per heavy atom. The van der Waals surface area contributed by atoms with Crippen LogP contribution in [0.2, 0.25) is 0 Å². The van der Waals surface area contributed by atoms with Gasteiger partial charge in [0.2, 0.25) is 0 Å². The molecule has 1 heterocycles. The van der Waals surface area contributed by atoms with E-state index in [2.05, 4.69) is 36.8 Å². The molecule has 0 saturated carbocycles. The van der Waals surface area contributed by atoms with Crippen molar-refractivity contribution in [3.8, 4) is 11.5 Å². The van der Waals surface area contributed by atoms with Crippen LogP contribution in [-0.2, 0) is 0 Å². The van der Waals surface area contributed by atoms with Gasteiger partial charge >= 0.3 is 0 Å². The van der Waals surface area contributed by atoms with Gasteiger partial charge in [0, 0.05) is 20.5 Å². The summed E-state index contributed by atoms with van der Waals surface area (Å²) in [6.45, 7) is 0. The Kier molecular flexibility index (Phi) is 3.14. The van der Waals surface area contributed by atoms with Crippen molar-refractivity contribution in [2.75, 3.05) is 0 Å². The largest absolute Gasteiger partial charge is 0.455 e. The third-order valence-corrected chi connectivity index (χ3v) is 3.86. The highest BCUT2D eigenvalue weighted by Gasteiger charge is 2.07. The van der Waals surface area contributed by atoms with Crippen LogP contribution in [0.25, 0.3) is 10.9 Å². The van der Waals surface area contributed by atoms with Gasteiger partial charge in [0.15, 0.2) is 5.75 Å². The van der Waals surface area contributed by atoms with Crippen LogP contribution >= 0.6 is 31.9 Å². The maximum Gasteiger partial charge on any atom is 0.152 e. The second-order valence-corrected chi connectivity index (χ2v) is 5.64. The number of rotatable bonds is 2. The van der Waals surface area contributed by atoms with Gasteiger partial charge in [-0.15, -0.1) is 0 Å². The van der Waals surface area contributed by atoms with Gasteiger partial charge in [-0.25, -0.2) is 0 Å². The Bertz CT molecular complexity index is 689. The van der Waals surface area contributed by atoms with E-state index in [1.807, 2.05) is 48.7 Å². The number of aromatic nitrogens is 1. The van der Waals surface area contributed by atoms with Crippen LogP contribution in [0.1, 0.15) is 0 Å². The molecular formula is C14H9Br2NO. The van der Waals surface area contributed by atoms with E-state index in [-0.39, 0.29) is 0 Å². The fourth-order valence-electron chi connectivity index (χ4n) is 1.81. The van der Waals surface area contributed by atoms with Crippen LogP contribution in [0.4, 0.5) is 0 Å². The molecule has 0 bridgehead atoms. The number of benzene rings is 2. The minimum atomic E-state index is 0.819. The van der Waals surface area contributed by atoms with E-state index in [1.54, 1.807) is 0 Å². The monoisotopic (exact) mass is 365 g/mol. The van der Waals surface area contributed by atoms with E-state index in [0.29, 0.717) is 0 Å². The van der Waals surface area contributed by atoms with Crippen LogP contribution in [0.5, 0.6) is 11.5 Å². The Labute approximate surface area is 121 Å². The van der Waals surface area contributed by atoms with E-state index >= 15 is 0 Å². The number of nitrogens with one attached hydrogen (secondary N) is 1. The number of halogens is 2. The fourth-order valence-corrected chi connectivity index (χ4v) is 2.55. The molecule has 0 aliphatic rings. The molecule has 0 spiro atoms. The zero-order valence-electron chi connectivity index (χ0n) is 9.28. The Balaban J connectivity index is 2.00. The molecular weight excluding hydrogens is 358 g/mol. The molecule has 1 N–H and O–H groups in total. The van der Waals surface area contributed by atoms with E-state index in [4.69, 9.17) is 4.74 Å². The summed E-state index contributed by atoms with van der Waals surface area (Å²) in [6, 6.07) is 13.8. The standard InChI is InChI=1S/C14H9Br2NO/c15-9-4-6-10(7-5-9)18-13-8-17-14-11(13)2-1-3-12(14)16/h1-8,17H. The van der Waals surface area contributed by atoms with Gasteiger partial charge in [-0.1, -0.05) is 22.0 Å². The highest BCUT2D eigenvalue weighted by atomic mass is 79.9. The van der Waals surface area contributed by atoms with Gasteiger partial charge in [0.05, 0.1) is 5.52 Å². The SMILES string of the molecule is Brc1ccc(Oc2c[nH]c3c(Br)cccc23)cc1. The predicted molar refractivity (Wildman–Crippen MR) is 80.2 cm³/mol. The maximum atomic E-state index is 5.87. The maximum absolute atomic E-state index is 5.87. The third-order valence-electron chi connectivity index (χ3n) is 2.67. The van der Waals surface area contributed by atoms with Gasteiger partial charge in [-0.2, -0.15) is 0 Å². The molecule has 0 fully saturated rings. The Morgan fingerprint density at radius 1 is 0.944 bits per heavy atom. The van der Waals surface area contributed by atoms with Gasteiger partial charge < -0.3 is 9.72 Å². The first-order chi connectivity index (χ1) is 8.74. The van der Waals surface area contributed by atoms with Gasteiger partial charge in [-0.05, 0) is 52.3 Å². The predicted octanol–water partition coefficient (Wildman–Crippen LogP) is 5.49. The zero-order valence-corrected chi connectivity index (χ0v) is 12.5. The van der Waals surface area contributed by atoms with Crippen molar-refractivity contribution in [2.45, 2.75) is 0 Å². The molecule has 3 rings (SSSR count). The molecule has 0 unspecified atom stereocenters. The lowest BCUT2D eigenvalue weighted by Gasteiger charge is -2.04. The second-order valence-electron chi connectivity index (χ2n) is 3.87. The number of hydrogen-bond donors (Lipinski definition) is 1. The number of hydrogen-bond acceptors (Lipinski definition) is 1. The Hall–Kier alpha value is -1.26. The first-order valence-corrected chi connectivity index (χ1v) is 7.01. The summed E-state index contributed by atoms with van der Waals surface area (Å²) in [4.78, 5) is 3.21. The third kappa shape index (κ3) is 2.18. The zero-order chi connectivity index (χ0) is 12.5. The molecule has 90 valence electrons. The van der Waals surface area contributed by atoms with E-state index < -0.39 is 0 Å². The van der Waals surface area contributed by atoms with Crippen molar-refractivity contribution >= 4 is 42.8 Å².